The Hall–Kier alpha value is -2.29. The van der Waals surface area contributed by atoms with Gasteiger partial charge in [0, 0.05) is 17.1 Å². The molecule has 0 aromatic heterocycles. The van der Waals surface area contributed by atoms with Gasteiger partial charge >= 0.3 is 5.97 Å². The van der Waals surface area contributed by atoms with Crippen LogP contribution in [-0.4, -0.2) is 33.3 Å². The van der Waals surface area contributed by atoms with Crippen LogP contribution in [0.4, 0.5) is 4.39 Å². The molecule has 0 aliphatic heterocycles. The molecule has 2 aromatic rings. The molecular formula is C17H15ClFNO5S. The van der Waals surface area contributed by atoms with Crippen molar-refractivity contribution in [1.82, 2.24) is 4.72 Å². The summed E-state index contributed by atoms with van der Waals surface area (Å²) >= 11 is 5.70. The lowest BCUT2D eigenvalue weighted by molar-refractivity contribution is -0.142. The van der Waals surface area contributed by atoms with Crippen LogP contribution in [0, 0.1) is 5.82 Å². The number of carbonyl (C=O) groups is 2. The summed E-state index contributed by atoms with van der Waals surface area (Å²) in [6.45, 7) is -0.746. The number of nitrogens with one attached hydrogen (secondary N) is 1. The summed E-state index contributed by atoms with van der Waals surface area (Å²) in [5, 5.41) is 0.399. The number of ketones is 1. The first-order valence-corrected chi connectivity index (χ1v) is 9.34. The average Bonchev–Trinajstić information content (AvgIpc) is 2.60. The Morgan fingerprint density at radius 2 is 1.81 bits per heavy atom. The Morgan fingerprint density at radius 1 is 1.12 bits per heavy atom. The van der Waals surface area contributed by atoms with Gasteiger partial charge in [-0.2, -0.15) is 0 Å². The third-order valence-electron chi connectivity index (χ3n) is 3.26. The van der Waals surface area contributed by atoms with Crippen LogP contribution >= 0.6 is 11.6 Å². The van der Waals surface area contributed by atoms with Gasteiger partial charge in [-0.15, -0.1) is 0 Å². The fourth-order valence-corrected chi connectivity index (χ4v) is 3.11. The van der Waals surface area contributed by atoms with Gasteiger partial charge in [0.1, 0.15) is 5.82 Å². The van der Waals surface area contributed by atoms with Crippen molar-refractivity contribution in [3.05, 3.63) is 64.9 Å². The number of rotatable bonds is 8. The van der Waals surface area contributed by atoms with Crippen LogP contribution in [0.3, 0.4) is 0 Å². The molecule has 138 valence electrons. The number of hydrogen-bond acceptors (Lipinski definition) is 5. The maximum absolute atomic E-state index is 13.0. The second-order valence-corrected chi connectivity index (χ2v) is 7.40. The van der Waals surface area contributed by atoms with Crippen molar-refractivity contribution in [2.24, 2.45) is 0 Å². The molecule has 26 heavy (non-hydrogen) atoms. The molecule has 2 rings (SSSR count). The van der Waals surface area contributed by atoms with Crippen LogP contribution in [-0.2, 0) is 19.6 Å². The molecule has 0 saturated carbocycles. The van der Waals surface area contributed by atoms with Gasteiger partial charge in [0.05, 0.1) is 11.3 Å². The van der Waals surface area contributed by atoms with E-state index in [0.29, 0.717) is 5.02 Å². The van der Waals surface area contributed by atoms with Crippen molar-refractivity contribution in [2.45, 2.75) is 11.3 Å². The largest absolute Gasteiger partial charge is 0.457 e. The minimum atomic E-state index is -3.78. The molecule has 9 heteroatoms. The molecule has 0 aliphatic carbocycles. The highest BCUT2D eigenvalue weighted by Gasteiger charge is 2.15. The van der Waals surface area contributed by atoms with Crippen molar-refractivity contribution in [3.63, 3.8) is 0 Å². The number of halogens is 2. The van der Waals surface area contributed by atoms with Gasteiger partial charge in [0.2, 0.25) is 10.0 Å². The van der Waals surface area contributed by atoms with Crippen LogP contribution in [0.15, 0.2) is 53.4 Å². The number of carbonyl (C=O) groups excluding carboxylic acids is 2. The molecule has 1 N–H and O–H groups in total. The van der Waals surface area contributed by atoms with E-state index in [0.717, 1.165) is 6.07 Å². The van der Waals surface area contributed by atoms with Crippen molar-refractivity contribution < 1.29 is 27.1 Å². The Bertz CT molecular complexity index is 900. The number of hydrogen-bond donors (Lipinski definition) is 1. The van der Waals surface area contributed by atoms with Gasteiger partial charge in [0.25, 0.3) is 0 Å². The van der Waals surface area contributed by atoms with E-state index in [-0.39, 0.29) is 23.4 Å². The number of Topliss-reactive ketones (excluding diaryl/α,β-unsaturated/α-hetero) is 1. The summed E-state index contributed by atoms with van der Waals surface area (Å²) in [5.74, 6) is -1.88. The lowest BCUT2D eigenvalue weighted by Crippen LogP contribution is -2.27. The normalized spacial score (nSPS) is 11.2. The minimum absolute atomic E-state index is 0.0107. The first kappa shape index (κ1) is 20.0. The van der Waals surface area contributed by atoms with Crippen LogP contribution in [0.1, 0.15) is 16.8 Å². The molecule has 0 amide bonds. The lowest BCUT2D eigenvalue weighted by atomic mass is 10.1. The van der Waals surface area contributed by atoms with E-state index in [9.17, 15) is 22.4 Å². The standard InChI is InChI=1S/C17H15ClFNO5S/c18-13-4-6-15(7-5-13)26(23,24)20-9-8-17(22)25-11-16(21)12-2-1-3-14(19)10-12/h1-7,10,20H,8-9,11H2. The van der Waals surface area contributed by atoms with E-state index >= 15 is 0 Å². The van der Waals surface area contributed by atoms with E-state index in [1.807, 2.05) is 0 Å². The number of sulfonamides is 1. The van der Waals surface area contributed by atoms with E-state index in [1.165, 1.54) is 42.5 Å². The fraction of sp³-hybridized carbons (Fsp3) is 0.176. The monoisotopic (exact) mass is 399 g/mol. The van der Waals surface area contributed by atoms with Crippen molar-refractivity contribution in [3.8, 4) is 0 Å². The summed E-state index contributed by atoms with van der Waals surface area (Å²) < 4.78 is 44.1. The van der Waals surface area contributed by atoms with Gasteiger partial charge in [-0.1, -0.05) is 23.7 Å². The maximum Gasteiger partial charge on any atom is 0.307 e. The van der Waals surface area contributed by atoms with Crippen LogP contribution < -0.4 is 4.72 Å². The average molecular weight is 400 g/mol. The fourth-order valence-electron chi connectivity index (χ4n) is 1.95. The summed E-state index contributed by atoms with van der Waals surface area (Å²) in [6.07, 6.45) is -0.261. The first-order valence-electron chi connectivity index (χ1n) is 7.47. The summed E-state index contributed by atoms with van der Waals surface area (Å²) in [7, 11) is -3.78. The number of esters is 1. The molecule has 0 fully saturated rings. The summed E-state index contributed by atoms with van der Waals surface area (Å²) in [6, 6.07) is 10.5. The predicted molar refractivity (Wildman–Crippen MR) is 92.9 cm³/mol. The first-order chi connectivity index (χ1) is 12.3. The van der Waals surface area contributed by atoms with Crippen LogP contribution in [0.25, 0.3) is 0 Å². The van der Waals surface area contributed by atoms with E-state index in [1.54, 1.807) is 0 Å². The summed E-state index contributed by atoms with van der Waals surface area (Å²) in [5.41, 5.74) is 0.0845. The molecule has 0 saturated heterocycles. The zero-order valence-corrected chi connectivity index (χ0v) is 15.0. The quantitative estimate of drug-likeness (QED) is 0.544. The van der Waals surface area contributed by atoms with Gasteiger partial charge in [0.15, 0.2) is 12.4 Å². The topological polar surface area (TPSA) is 89.5 Å². The minimum Gasteiger partial charge on any atom is -0.457 e. The van der Waals surface area contributed by atoms with Gasteiger partial charge < -0.3 is 4.74 Å². The van der Waals surface area contributed by atoms with E-state index < -0.39 is 34.2 Å². The molecule has 0 heterocycles. The smallest absolute Gasteiger partial charge is 0.307 e. The van der Waals surface area contributed by atoms with Crippen molar-refractivity contribution in [2.75, 3.05) is 13.2 Å². The molecular weight excluding hydrogens is 385 g/mol. The van der Waals surface area contributed by atoms with Crippen molar-refractivity contribution >= 4 is 33.4 Å². The predicted octanol–water partition coefficient (Wildman–Crippen LogP) is 2.57. The zero-order valence-electron chi connectivity index (χ0n) is 13.4. The maximum atomic E-state index is 13.0. The molecule has 0 radical (unpaired) electrons. The molecule has 0 aliphatic rings. The Balaban J connectivity index is 1.78. The van der Waals surface area contributed by atoms with Crippen LogP contribution in [0.5, 0.6) is 0 Å². The second kappa shape index (κ2) is 8.88. The Kier molecular flexibility index (Phi) is 6.84. The summed E-state index contributed by atoms with van der Waals surface area (Å²) in [4.78, 5) is 23.4. The van der Waals surface area contributed by atoms with Gasteiger partial charge in [-0.3, -0.25) is 9.59 Å². The second-order valence-electron chi connectivity index (χ2n) is 5.20. The highest BCUT2D eigenvalue weighted by Crippen LogP contribution is 2.13. The SMILES string of the molecule is O=C(CCNS(=O)(=O)c1ccc(Cl)cc1)OCC(=O)c1cccc(F)c1. The van der Waals surface area contributed by atoms with Crippen LogP contribution in [0.2, 0.25) is 5.02 Å². The third kappa shape index (κ3) is 5.91. The zero-order chi connectivity index (χ0) is 19.2. The Morgan fingerprint density at radius 3 is 2.46 bits per heavy atom. The van der Waals surface area contributed by atoms with E-state index in [4.69, 9.17) is 16.3 Å². The number of benzene rings is 2. The van der Waals surface area contributed by atoms with Crippen molar-refractivity contribution in [1.29, 1.82) is 0 Å². The molecule has 2 aromatic carbocycles. The number of ether oxygens (including phenoxy) is 1. The molecule has 6 nitrogen and oxygen atoms in total. The highest BCUT2D eigenvalue weighted by molar-refractivity contribution is 7.89. The molecule has 0 unspecified atom stereocenters. The van der Waals surface area contributed by atoms with E-state index in [2.05, 4.69) is 4.72 Å². The van der Waals surface area contributed by atoms with Gasteiger partial charge in [-0.05, 0) is 36.4 Å². The molecule has 0 spiro atoms. The molecule has 0 bridgehead atoms. The Labute approximate surface area is 155 Å². The highest BCUT2D eigenvalue weighted by atomic mass is 35.5. The van der Waals surface area contributed by atoms with Gasteiger partial charge in [-0.25, -0.2) is 17.5 Å². The third-order valence-corrected chi connectivity index (χ3v) is 4.98. The lowest BCUT2D eigenvalue weighted by Gasteiger charge is -2.07. The molecule has 0 atom stereocenters.